The molecule has 0 aromatic heterocycles. The lowest BCUT2D eigenvalue weighted by Crippen LogP contribution is -2.46. The summed E-state index contributed by atoms with van der Waals surface area (Å²) in [5, 5.41) is 0. The number of aryl methyl sites for hydroxylation is 1. The van der Waals surface area contributed by atoms with Crippen LogP contribution in [0, 0.1) is 13.8 Å². The Hall–Kier alpha value is -0.230. The fourth-order valence-corrected chi connectivity index (χ4v) is 5.98. The third kappa shape index (κ3) is 3.58. The molecule has 0 radical (unpaired) electrons. The number of hydrogen-bond acceptors (Lipinski definition) is 3. The van der Waals surface area contributed by atoms with E-state index in [0.717, 1.165) is 22.4 Å². The van der Waals surface area contributed by atoms with Crippen LogP contribution in [0.4, 0.5) is 0 Å². The quantitative estimate of drug-likeness (QED) is 0.784. The van der Waals surface area contributed by atoms with E-state index >= 15 is 0 Å². The van der Waals surface area contributed by atoms with Gasteiger partial charge < -0.3 is 0 Å². The molecule has 0 aliphatic carbocycles. The van der Waals surface area contributed by atoms with E-state index in [-0.39, 0.29) is 4.75 Å². The summed E-state index contributed by atoms with van der Waals surface area (Å²) in [5.74, 6) is 1.16. The monoisotopic (exact) mass is 347 g/mol. The van der Waals surface area contributed by atoms with Gasteiger partial charge in [-0.15, -0.1) is 11.6 Å². The van der Waals surface area contributed by atoms with Gasteiger partial charge in [-0.05, 0) is 50.5 Å². The van der Waals surface area contributed by atoms with Gasteiger partial charge in [0, 0.05) is 29.5 Å². The number of nitrogens with zero attached hydrogens (tertiary/aromatic N) is 1. The highest BCUT2D eigenvalue weighted by molar-refractivity contribution is 8.00. The van der Waals surface area contributed by atoms with E-state index in [1.807, 2.05) is 31.7 Å². The molecule has 118 valence electrons. The molecule has 21 heavy (non-hydrogen) atoms. The summed E-state index contributed by atoms with van der Waals surface area (Å²) < 4.78 is 27.6. The summed E-state index contributed by atoms with van der Waals surface area (Å²) in [4.78, 5) is 0.404. The molecule has 3 nitrogen and oxygen atoms in total. The minimum Gasteiger partial charge on any atom is -0.207 e. The Morgan fingerprint density at radius 3 is 2.57 bits per heavy atom. The zero-order chi connectivity index (χ0) is 15.8. The molecule has 0 amide bonds. The maximum Gasteiger partial charge on any atom is 0.243 e. The number of rotatable bonds is 3. The van der Waals surface area contributed by atoms with Crippen molar-refractivity contribution < 1.29 is 8.42 Å². The average molecular weight is 348 g/mol. The first-order chi connectivity index (χ1) is 9.67. The molecule has 0 N–H and O–H groups in total. The second-order valence-electron chi connectivity index (χ2n) is 6.12. The van der Waals surface area contributed by atoms with Gasteiger partial charge in [0.1, 0.15) is 0 Å². The minimum atomic E-state index is -3.46. The topological polar surface area (TPSA) is 37.4 Å². The van der Waals surface area contributed by atoms with Gasteiger partial charge in [-0.25, -0.2) is 8.42 Å². The average Bonchev–Trinajstić information content (AvgIpc) is 2.40. The summed E-state index contributed by atoms with van der Waals surface area (Å²) >= 11 is 7.72. The summed E-state index contributed by atoms with van der Waals surface area (Å²) in [5.41, 5.74) is 2.64. The number of sulfonamides is 1. The van der Waals surface area contributed by atoms with Crippen LogP contribution in [0.1, 0.15) is 30.5 Å². The standard InChI is InChI=1S/C15H22ClNO2S2/c1-11-7-13(9-16)8-14(12(11)2)21(18,19)17-5-6-20-15(3,4)10-17/h7-8H,5-6,9-10H2,1-4H3. The molecular weight excluding hydrogens is 326 g/mol. The van der Waals surface area contributed by atoms with Gasteiger partial charge >= 0.3 is 0 Å². The molecule has 1 aliphatic heterocycles. The highest BCUT2D eigenvalue weighted by Gasteiger charge is 2.35. The van der Waals surface area contributed by atoms with E-state index in [2.05, 4.69) is 13.8 Å². The van der Waals surface area contributed by atoms with E-state index in [0.29, 0.717) is 23.9 Å². The molecule has 1 aromatic rings. The molecule has 0 spiro atoms. The summed E-state index contributed by atoms with van der Waals surface area (Å²) in [6, 6.07) is 3.68. The number of hydrogen-bond donors (Lipinski definition) is 0. The van der Waals surface area contributed by atoms with Crippen LogP contribution in [0.25, 0.3) is 0 Å². The van der Waals surface area contributed by atoms with Crippen molar-refractivity contribution in [3.63, 3.8) is 0 Å². The molecule has 0 atom stereocenters. The van der Waals surface area contributed by atoms with Gasteiger partial charge in [-0.3, -0.25) is 0 Å². The van der Waals surface area contributed by atoms with E-state index in [1.54, 1.807) is 10.4 Å². The molecule has 1 fully saturated rings. The number of halogens is 1. The SMILES string of the molecule is Cc1cc(CCl)cc(S(=O)(=O)N2CCSC(C)(C)C2)c1C. The Labute approximate surface area is 137 Å². The normalized spacial score (nSPS) is 19.7. The number of thioether (sulfide) groups is 1. The van der Waals surface area contributed by atoms with Crippen molar-refractivity contribution in [3.05, 3.63) is 28.8 Å². The highest BCUT2D eigenvalue weighted by Crippen LogP contribution is 2.33. The first kappa shape index (κ1) is 17.1. The molecule has 1 aromatic carbocycles. The molecular formula is C15H22ClNO2S2. The second-order valence-corrected chi connectivity index (χ2v) is 10.1. The minimum absolute atomic E-state index is 0.0433. The van der Waals surface area contributed by atoms with E-state index in [4.69, 9.17) is 11.6 Å². The Morgan fingerprint density at radius 1 is 1.33 bits per heavy atom. The first-order valence-corrected chi connectivity index (χ1v) is 9.93. The van der Waals surface area contributed by atoms with Crippen molar-refractivity contribution in [1.82, 2.24) is 4.31 Å². The maximum absolute atomic E-state index is 13.0. The predicted octanol–water partition coefficient (Wildman–Crippen LogP) is 3.56. The van der Waals surface area contributed by atoms with Crippen molar-refractivity contribution in [3.8, 4) is 0 Å². The van der Waals surface area contributed by atoms with Crippen LogP contribution in [0.3, 0.4) is 0 Å². The van der Waals surface area contributed by atoms with E-state index < -0.39 is 10.0 Å². The van der Waals surface area contributed by atoms with Crippen molar-refractivity contribution in [1.29, 1.82) is 0 Å². The molecule has 0 unspecified atom stereocenters. The lowest BCUT2D eigenvalue weighted by atomic mass is 10.1. The van der Waals surface area contributed by atoms with Crippen LogP contribution in [0.2, 0.25) is 0 Å². The molecule has 1 heterocycles. The van der Waals surface area contributed by atoms with Gasteiger partial charge in [-0.1, -0.05) is 6.07 Å². The molecule has 0 bridgehead atoms. The van der Waals surface area contributed by atoms with Crippen LogP contribution in [0.5, 0.6) is 0 Å². The first-order valence-electron chi connectivity index (χ1n) is 6.97. The van der Waals surface area contributed by atoms with E-state index in [1.165, 1.54) is 0 Å². The van der Waals surface area contributed by atoms with Gasteiger partial charge in [0.15, 0.2) is 0 Å². The maximum atomic E-state index is 13.0. The van der Waals surface area contributed by atoms with Crippen molar-refractivity contribution in [2.75, 3.05) is 18.8 Å². The molecule has 1 saturated heterocycles. The summed E-state index contributed by atoms with van der Waals surface area (Å²) in [6.07, 6.45) is 0. The lowest BCUT2D eigenvalue weighted by Gasteiger charge is -2.37. The summed E-state index contributed by atoms with van der Waals surface area (Å²) in [6.45, 7) is 9.09. The van der Waals surface area contributed by atoms with Crippen LogP contribution < -0.4 is 0 Å². The molecule has 1 aliphatic rings. The third-order valence-corrected chi connectivity index (χ3v) is 7.42. The highest BCUT2D eigenvalue weighted by atomic mass is 35.5. The van der Waals surface area contributed by atoms with Gasteiger partial charge in [0.2, 0.25) is 10.0 Å². The Bertz CT molecular complexity index is 641. The molecule has 0 saturated carbocycles. The largest absolute Gasteiger partial charge is 0.243 e. The fourth-order valence-electron chi connectivity index (χ4n) is 2.56. The smallest absolute Gasteiger partial charge is 0.207 e. The Balaban J connectivity index is 2.47. The molecule has 2 rings (SSSR count). The fraction of sp³-hybridized carbons (Fsp3) is 0.600. The Kier molecular flexibility index (Phi) is 4.98. The van der Waals surface area contributed by atoms with Crippen LogP contribution in [-0.2, 0) is 15.9 Å². The third-order valence-electron chi connectivity index (χ3n) is 3.84. The second kappa shape index (κ2) is 6.11. The van der Waals surface area contributed by atoms with Crippen molar-refractivity contribution in [2.45, 2.75) is 43.2 Å². The van der Waals surface area contributed by atoms with Crippen molar-refractivity contribution >= 4 is 33.4 Å². The Morgan fingerprint density at radius 2 is 2.00 bits per heavy atom. The van der Waals surface area contributed by atoms with Gasteiger partial charge in [-0.2, -0.15) is 16.1 Å². The van der Waals surface area contributed by atoms with Crippen LogP contribution >= 0.6 is 23.4 Å². The van der Waals surface area contributed by atoms with Crippen molar-refractivity contribution in [2.24, 2.45) is 0 Å². The number of alkyl halides is 1. The van der Waals surface area contributed by atoms with Gasteiger partial charge in [0.25, 0.3) is 0 Å². The zero-order valence-corrected chi connectivity index (χ0v) is 15.3. The predicted molar refractivity (Wildman–Crippen MR) is 90.8 cm³/mol. The van der Waals surface area contributed by atoms with Crippen LogP contribution in [-0.4, -0.2) is 36.3 Å². The van der Waals surface area contributed by atoms with Gasteiger partial charge in [0.05, 0.1) is 4.90 Å². The van der Waals surface area contributed by atoms with Crippen LogP contribution in [0.15, 0.2) is 17.0 Å². The zero-order valence-electron chi connectivity index (χ0n) is 12.9. The molecule has 6 heteroatoms. The lowest BCUT2D eigenvalue weighted by molar-refractivity contribution is 0.387. The number of benzene rings is 1. The van der Waals surface area contributed by atoms with E-state index in [9.17, 15) is 8.42 Å². The summed E-state index contributed by atoms with van der Waals surface area (Å²) in [7, 11) is -3.46.